The first-order valence-electron chi connectivity index (χ1n) is 3.95. The van der Waals surface area contributed by atoms with Gasteiger partial charge in [0.15, 0.2) is 0 Å². The van der Waals surface area contributed by atoms with Crippen molar-refractivity contribution in [2.24, 2.45) is 0 Å². The number of carbonyl (C=O) groups is 1. The minimum atomic E-state index is -0.0326. The molecule has 66 valence electrons. The summed E-state index contributed by atoms with van der Waals surface area (Å²) in [6.45, 7) is 4.20. The van der Waals surface area contributed by atoms with Crippen LogP contribution in [0.1, 0.15) is 21.5 Å². The summed E-state index contributed by atoms with van der Waals surface area (Å²) in [6.07, 6.45) is 1.65. The van der Waals surface area contributed by atoms with Crippen LogP contribution in [0.5, 0.6) is 0 Å². The third kappa shape index (κ3) is 1.23. The van der Waals surface area contributed by atoms with E-state index < -0.39 is 0 Å². The first-order chi connectivity index (χ1) is 6.22. The van der Waals surface area contributed by atoms with Crippen LogP contribution in [0.2, 0.25) is 5.02 Å². The lowest BCUT2D eigenvalue weighted by Crippen LogP contribution is -2.12. The van der Waals surface area contributed by atoms with Crippen LogP contribution in [-0.2, 0) is 6.54 Å². The molecule has 1 N–H and O–H groups in total. The highest BCUT2D eigenvalue weighted by Crippen LogP contribution is 2.25. The van der Waals surface area contributed by atoms with Crippen molar-refractivity contribution >= 4 is 23.6 Å². The molecule has 0 bridgehead atoms. The molecule has 1 amide bonds. The van der Waals surface area contributed by atoms with Gasteiger partial charge in [-0.1, -0.05) is 24.3 Å². The minimum Gasteiger partial charge on any atom is -0.348 e. The van der Waals surface area contributed by atoms with E-state index in [0.29, 0.717) is 17.1 Å². The Hall–Kier alpha value is -1.28. The van der Waals surface area contributed by atoms with Gasteiger partial charge in [0.2, 0.25) is 0 Å². The Morgan fingerprint density at radius 1 is 1.54 bits per heavy atom. The topological polar surface area (TPSA) is 29.1 Å². The number of benzene rings is 1. The average Bonchev–Trinajstić information content (AvgIpc) is 2.46. The van der Waals surface area contributed by atoms with E-state index in [2.05, 4.69) is 11.9 Å². The fraction of sp³-hybridized carbons (Fsp3) is 0.100. The van der Waals surface area contributed by atoms with E-state index in [1.54, 1.807) is 12.1 Å². The standard InChI is InChI=1S/C10H8ClNO/c1-2-6-3-8-7(4-9(6)11)5-12-10(8)13/h2-4H,1,5H2,(H,12,13). The third-order valence-electron chi connectivity index (χ3n) is 2.13. The number of rotatable bonds is 1. The SMILES string of the molecule is C=Cc1cc2c(cc1Cl)CNC2=O. The molecule has 1 aliphatic heterocycles. The summed E-state index contributed by atoms with van der Waals surface area (Å²) in [7, 11) is 0. The fourth-order valence-corrected chi connectivity index (χ4v) is 1.68. The van der Waals surface area contributed by atoms with Crippen molar-refractivity contribution in [2.45, 2.75) is 6.54 Å². The number of hydrogen-bond acceptors (Lipinski definition) is 1. The monoisotopic (exact) mass is 193 g/mol. The highest BCUT2D eigenvalue weighted by molar-refractivity contribution is 6.32. The molecule has 0 atom stereocenters. The van der Waals surface area contributed by atoms with Crippen LogP contribution in [0.25, 0.3) is 6.08 Å². The predicted octanol–water partition coefficient (Wildman–Crippen LogP) is 2.23. The summed E-state index contributed by atoms with van der Waals surface area (Å²) in [5, 5.41) is 3.38. The van der Waals surface area contributed by atoms with Gasteiger partial charge in [0.1, 0.15) is 0 Å². The zero-order valence-corrected chi connectivity index (χ0v) is 7.69. The van der Waals surface area contributed by atoms with Crippen LogP contribution in [-0.4, -0.2) is 5.91 Å². The molecule has 0 fully saturated rings. The summed E-state index contributed by atoms with van der Waals surface area (Å²) in [5.74, 6) is -0.0326. The molecule has 0 spiro atoms. The molecule has 1 heterocycles. The minimum absolute atomic E-state index is 0.0326. The van der Waals surface area contributed by atoms with Crippen LogP contribution in [0, 0.1) is 0 Å². The van der Waals surface area contributed by atoms with Gasteiger partial charge < -0.3 is 5.32 Å². The van der Waals surface area contributed by atoms with Crippen molar-refractivity contribution in [3.05, 3.63) is 40.4 Å². The third-order valence-corrected chi connectivity index (χ3v) is 2.45. The molecule has 3 heteroatoms. The Bertz CT molecular complexity index is 398. The second kappa shape index (κ2) is 2.89. The number of hydrogen-bond donors (Lipinski definition) is 1. The largest absolute Gasteiger partial charge is 0.348 e. The lowest BCUT2D eigenvalue weighted by Gasteiger charge is -2.00. The average molecular weight is 194 g/mol. The molecule has 0 saturated heterocycles. The van der Waals surface area contributed by atoms with Gasteiger partial charge in [-0.25, -0.2) is 0 Å². The molecule has 1 aromatic rings. The quantitative estimate of drug-likeness (QED) is 0.728. The summed E-state index contributed by atoms with van der Waals surface area (Å²) in [6, 6.07) is 3.58. The van der Waals surface area contributed by atoms with Crippen molar-refractivity contribution in [1.29, 1.82) is 0 Å². The van der Waals surface area contributed by atoms with Gasteiger partial charge in [0.25, 0.3) is 5.91 Å². The predicted molar refractivity (Wildman–Crippen MR) is 52.7 cm³/mol. The smallest absolute Gasteiger partial charge is 0.251 e. The number of carbonyl (C=O) groups excluding carboxylic acids is 1. The van der Waals surface area contributed by atoms with Crippen molar-refractivity contribution in [3.8, 4) is 0 Å². The van der Waals surface area contributed by atoms with Crippen molar-refractivity contribution < 1.29 is 4.79 Å². The zero-order valence-electron chi connectivity index (χ0n) is 6.93. The molecule has 1 aliphatic rings. The molecule has 2 nitrogen and oxygen atoms in total. The molecule has 0 aliphatic carbocycles. The van der Waals surface area contributed by atoms with Gasteiger partial charge in [-0.05, 0) is 23.3 Å². The van der Waals surface area contributed by atoms with Crippen LogP contribution < -0.4 is 5.32 Å². The maximum Gasteiger partial charge on any atom is 0.251 e. The van der Waals surface area contributed by atoms with E-state index in [9.17, 15) is 4.79 Å². The van der Waals surface area contributed by atoms with E-state index in [4.69, 9.17) is 11.6 Å². The Morgan fingerprint density at radius 3 is 3.00 bits per heavy atom. The summed E-state index contributed by atoms with van der Waals surface area (Å²) >= 11 is 5.95. The zero-order chi connectivity index (χ0) is 9.42. The van der Waals surface area contributed by atoms with E-state index >= 15 is 0 Å². The fourth-order valence-electron chi connectivity index (χ4n) is 1.42. The van der Waals surface area contributed by atoms with Gasteiger partial charge in [0, 0.05) is 17.1 Å². The first kappa shape index (κ1) is 8.32. The Morgan fingerprint density at radius 2 is 2.31 bits per heavy atom. The normalized spacial score (nSPS) is 13.8. The van der Waals surface area contributed by atoms with Crippen LogP contribution in [0.3, 0.4) is 0 Å². The molecule has 0 saturated carbocycles. The second-order valence-corrected chi connectivity index (χ2v) is 3.32. The second-order valence-electron chi connectivity index (χ2n) is 2.92. The lowest BCUT2D eigenvalue weighted by molar-refractivity contribution is 0.0966. The molecule has 0 unspecified atom stereocenters. The maximum atomic E-state index is 11.3. The van der Waals surface area contributed by atoms with Gasteiger partial charge in [-0.2, -0.15) is 0 Å². The Kier molecular flexibility index (Phi) is 1.85. The highest BCUT2D eigenvalue weighted by atomic mass is 35.5. The van der Waals surface area contributed by atoms with Gasteiger partial charge in [0.05, 0.1) is 0 Å². The van der Waals surface area contributed by atoms with Crippen molar-refractivity contribution in [3.63, 3.8) is 0 Å². The molecule has 0 aromatic heterocycles. The Labute approximate surface area is 81.2 Å². The number of amides is 1. The maximum absolute atomic E-state index is 11.3. The van der Waals surface area contributed by atoms with Crippen LogP contribution in [0.4, 0.5) is 0 Å². The first-order valence-corrected chi connectivity index (χ1v) is 4.33. The molecule has 1 aromatic carbocycles. The van der Waals surface area contributed by atoms with E-state index in [1.165, 1.54) is 0 Å². The van der Waals surface area contributed by atoms with E-state index in [1.807, 2.05) is 6.07 Å². The number of halogens is 1. The lowest BCUT2D eigenvalue weighted by atomic mass is 10.1. The van der Waals surface area contributed by atoms with Gasteiger partial charge >= 0.3 is 0 Å². The summed E-state index contributed by atoms with van der Waals surface area (Å²) in [5.41, 5.74) is 2.47. The van der Waals surface area contributed by atoms with E-state index in [0.717, 1.165) is 11.1 Å². The molecule has 0 radical (unpaired) electrons. The number of nitrogens with one attached hydrogen (secondary N) is 1. The molecule has 13 heavy (non-hydrogen) atoms. The summed E-state index contributed by atoms with van der Waals surface area (Å²) in [4.78, 5) is 11.3. The van der Waals surface area contributed by atoms with Gasteiger partial charge in [-0.15, -0.1) is 0 Å². The molecular formula is C10H8ClNO. The van der Waals surface area contributed by atoms with E-state index in [-0.39, 0.29) is 5.91 Å². The van der Waals surface area contributed by atoms with Crippen molar-refractivity contribution in [1.82, 2.24) is 5.32 Å². The van der Waals surface area contributed by atoms with Crippen LogP contribution >= 0.6 is 11.6 Å². The molecular weight excluding hydrogens is 186 g/mol. The van der Waals surface area contributed by atoms with Crippen molar-refractivity contribution in [2.75, 3.05) is 0 Å². The Balaban J connectivity index is 2.63. The highest BCUT2D eigenvalue weighted by Gasteiger charge is 2.19. The molecule has 2 rings (SSSR count). The number of fused-ring (bicyclic) bond motifs is 1. The summed E-state index contributed by atoms with van der Waals surface area (Å²) < 4.78 is 0. The van der Waals surface area contributed by atoms with Crippen LogP contribution in [0.15, 0.2) is 18.7 Å². The van der Waals surface area contributed by atoms with Gasteiger partial charge in [-0.3, -0.25) is 4.79 Å².